The van der Waals surface area contributed by atoms with Gasteiger partial charge in [0.2, 0.25) is 5.91 Å². The molecule has 0 aliphatic carbocycles. The summed E-state index contributed by atoms with van der Waals surface area (Å²) in [7, 11) is 0. The third-order valence-corrected chi connectivity index (χ3v) is 6.33. The number of carbonyl (C=O) groups excluding carboxylic acids is 2. The van der Waals surface area contributed by atoms with Crippen LogP contribution >= 0.6 is 11.6 Å². The number of nitrogens with one attached hydrogen (secondary N) is 2. The number of hydrogen-bond acceptors (Lipinski definition) is 4. The molecule has 1 saturated heterocycles. The van der Waals surface area contributed by atoms with Crippen molar-refractivity contribution in [2.45, 2.75) is 52.4 Å². The Balaban J connectivity index is 1.59. The largest absolute Gasteiger partial charge is 0.376 e. The van der Waals surface area contributed by atoms with Crippen LogP contribution in [-0.4, -0.2) is 48.6 Å². The van der Waals surface area contributed by atoms with E-state index in [0.29, 0.717) is 17.1 Å². The molecule has 1 fully saturated rings. The molecule has 2 amide bonds. The molecule has 1 aliphatic heterocycles. The third kappa shape index (κ3) is 7.56. The molecule has 0 aromatic heterocycles. The molecule has 2 aromatic rings. The molecule has 33 heavy (non-hydrogen) atoms. The van der Waals surface area contributed by atoms with Gasteiger partial charge in [0, 0.05) is 36.8 Å². The number of morpholine rings is 1. The van der Waals surface area contributed by atoms with E-state index in [4.69, 9.17) is 16.3 Å². The molecule has 2 aromatic carbocycles. The minimum Gasteiger partial charge on any atom is -0.376 e. The molecule has 2 N–H and O–H groups in total. The van der Waals surface area contributed by atoms with E-state index in [-0.39, 0.29) is 23.8 Å². The number of ether oxygens (including phenoxy) is 1. The van der Waals surface area contributed by atoms with Crippen LogP contribution in [0.5, 0.6) is 0 Å². The van der Waals surface area contributed by atoms with E-state index in [1.54, 1.807) is 24.3 Å². The molecule has 3 rings (SSSR count). The van der Waals surface area contributed by atoms with E-state index in [0.717, 1.165) is 38.2 Å². The van der Waals surface area contributed by atoms with Crippen LogP contribution in [-0.2, 0) is 22.6 Å². The number of carbonyl (C=O) groups is 2. The SMILES string of the molecule is CCC(C)C(NC(=O)c1ccc(Cl)cc1)C(=O)NCc1cccc(CN2CCOC(C)C2)c1. The van der Waals surface area contributed by atoms with Crippen molar-refractivity contribution < 1.29 is 14.3 Å². The smallest absolute Gasteiger partial charge is 0.251 e. The van der Waals surface area contributed by atoms with E-state index in [2.05, 4.69) is 34.6 Å². The molecular weight excluding hydrogens is 438 g/mol. The Hall–Kier alpha value is -2.41. The molecular formula is C26H34ClN3O3. The van der Waals surface area contributed by atoms with Gasteiger partial charge in [0.05, 0.1) is 12.7 Å². The van der Waals surface area contributed by atoms with Gasteiger partial charge in [-0.05, 0) is 48.2 Å². The summed E-state index contributed by atoms with van der Waals surface area (Å²) in [5, 5.41) is 6.47. The first-order valence-corrected chi connectivity index (χ1v) is 12.0. The number of rotatable bonds is 9. The van der Waals surface area contributed by atoms with Crippen molar-refractivity contribution in [1.82, 2.24) is 15.5 Å². The second-order valence-corrected chi connectivity index (χ2v) is 9.23. The van der Waals surface area contributed by atoms with Crippen molar-refractivity contribution in [3.63, 3.8) is 0 Å². The minimum absolute atomic E-state index is 0.00380. The molecule has 6 nitrogen and oxygen atoms in total. The summed E-state index contributed by atoms with van der Waals surface area (Å²) in [5.74, 6) is -0.469. The van der Waals surface area contributed by atoms with Crippen molar-refractivity contribution in [2.75, 3.05) is 19.7 Å². The van der Waals surface area contributed by atoms with E-state index in [1.165, 1.54) is 5.56 Å². The van der Waals surface area contributed by atoms with Crippen LogP contribution in [0.4, 0.5) is 0 Å². The lowest BCUT2D eigenvalue weighted by molar-refractivity contribution is -0.124. The summed E-state index contributed by atoms with van der Waals surface area (Å²) in [4.78, 5) is 28.1. The fourth-order valence-corrected chi connectivity index (χ4v) is 4.08. The Morgan fingerprint density at radius 3 is 2.61 bits per heavy atom. The van der Waals surface area contributed by atoms with Gasteiger partial charge in [-0.25, -0.2) is 0 Å². The monoisotopic (exact) mass is 471 g/mol. The van der Waals surface area contributed by atoms with Crippen molar-refractivity contribution in [1.29, 1.82) is 0 Å². The van der Waals surface area contributed by atoms with Crippen molar-refractivity contribution in [2.24, 2.45) is 5.92 Å². The maximum atomic E-state index is 13.0. The molecule has 3 atom stereocenters. The van der Waals surface area contributed by atoms with Gasteiger partial charge < -0.3 is 15.4 Å². The molecule has 7 heteroatoms. The maximum absolute atomic E-state index is 13.0. The fraction of sp³-hybridized carbons (Fsp3) is 0.462. The summed E-state index contributed by atoms with van der Waals surface area (Å²) >= 11 is 5.91. The van der Waals surface area contributed by atoms with E-state index >= 15 is 0 Å². The van der Waals surface area contributed by atoms with Crippen LogP contribution in [0.3, 0.4) is 0 Å². The Morgan fingerprint density at radius 1 is 1.18 bits per heavy atom. The van der Waals surface area contributed by atoms with Gasteiger partial charge in [-0.15, -0.1) is 0 Å². The highest BCUT2D eigenvalue weighted by molar-refractivity contribution is 6.30. The zero-order valence-corrected chi connectivity index (χ0v) is 20.4. The van der Waals surface area contributed by atoms with Gasteiger partial charge in [-0.3, -0.25) is 14.5 Å². The zero-order chi connectivity index (χ0) is 23.8. The van der Waals surface area contributed by atoms with Crippen LogP contribution in [0, 0.1) is 5.92 Å². The number of halogens is 1. The summed E-state index contributed by atoms with van der Waals surface area (Å²) < 4.78 is 5.62. The topological polar surface area (TPSA) is 70.7 Å². The van der Waals surface area contributed by atoms with Gasteiger partial charge >= 0.3 is 0 Å². The predicted molar refractivity (Wildman–Crippen MR) is 131 cm³/mol. The Labute approximate surface area is 201 Å². The standard InChI is InChI=1S/C26H34ClN3O3/c1-4-18(2)24(29-25(31)22-8-10-23(27)11-9-22)26(32)28-15-20-6-5-7-21(14-20)17-30-12-13-33-19(3)16-30/h5-11,14,18-19,24H,4,12-13,15-17H2,1-3H3,(H,28,32)(H,29,31). The molecule has 178 valence electrons. The summed E-state index contributed by atoms with van der Waals surface area (Å²) in [6.45, 7) is 9.96. The molecule has 0 radical (unpaired) electrons. The van der Waals surface area contributed by atoms with Gasteiger partial charge in [0.15, 0.2) is 0 Å². The van der Waals surface area contributed by atoms with Crippen LogP contribution in [0.25, 0.3) is 0 Å². The fourth-order valence-electron chi connectivity index (χ4n) is 3.96. The summed E-state index contributed by atoms with van der Waals surface area (Å²) in [6, 6.07) is 14.3. The maximum Gasteiger partial charge on any atom is 0.251 e. The van der Waals surface area contributed by atoms with Crippen LogP contribution in [0.2, 0.25) is 5.02 Å². The Kier molecular flexibility index (Phi) is 9.30. The molecule has 1 aliphatic rings. The van der Waals surface area contributed by atoms with Crippen LogP contribution in [0.15, 0.2) is 48.5 Å². The summed E-state index contributed by atoms with van der Waals surface area (Å²) in [6.07, 6.45) is 1.02. The molecule has 0 spiro atoms. The Morgan fingerprint density at radius 2 is 1.91 bits per heavy atom. The van der Waals surface area contributed by atoms with Crippen LogP contribution < -0.4 is 10.6 Å². The zero-order valence-electron chi connectivity index (χ0n) is 19.6. The van der Waals surface area contributed by atoms with Gasteiger partial charge in [0.1, 0.15) is 6.04 Å². The lowest BCUT2D eigenvalue weighted by Gasteiger charge is -2.31. The van der Waals surface area contributed by atoms with Gasteiger partial charge in [0.25, 0.3) is 5.91 Å². The number of amides is 2. The van der Waals surface area contributed by atoms with Crippen molar-refractivity contribution in [3.05, 3.63) is 70.2 Å². The minimum atomic E-state index is -0.615. The van der Waals surface area contributed by atoms with Gasteiger partial charge in [-0.2, -0.15) is 0 Å². The van der Waals surface area contributed by atoms with E-state index in [9.17, 15) is 9.59 Å². The lowest BCUT2D eigenvalue weighted by Crippen LogP contribution is -2.50. The second kappa shape index (κ2) is 12.2. The Bertz CT molecular complexity index is 935. The molecule has 1 heterocycles. The van der Waals surface area contributed by atoms with Crippen LogP contribution in [0.1, 0.15) is 48.7 Å². The predicted octanol–water partition coefficient (Wildman–Crippen LogP) is 4.02. The van der Waals surface area contributed by atoms with E-state index in [1.807, 2.05) is 26.0 Å². The highest BCUT2D eigenvalue weighted by atomic mass is 35.5. The quantitative estimate of drug-likeness (QED) is 0.579. The van der Waals surface area contributed by atoms with Crippen molar-refractivity contribution >= 4 is 23.4 Å². The highest BCUT2D eigenvalue weighted by Gasteiger charge is 2.26. The molecule has 3 unspecified atom stereocenters. The molecule has 0 saturated carbocycles. The normalized spacial score (nSPS) is 18.4. The highest BCUT2D eigenvalue weighted by Crippen LogP contribution is 2.14. The second-order valence-electron chi connectivity index (χ2n) is 8.80. The summed E-state index contributed by atoms with van der Waals surface area (Å²) in [5.41, 5.74) is 2.73. The number of nitrogens with zero attached hydrogens (tertiary/aromatic N) is 1. The first-order chi connectivity index (χ1) is 15.9. The first-order valence-electron chi connectivity index (χ1n) is 11.6. The first kappa shape index (κ1) is 25.2. The average molecular weight is 472 g/mol. The third-order valence-electron chi connectivity index (χ3n) is 6.08. The van der Waals surface area contributed by atoms with E-state index < -0.39 is 6.04 Å². The van der Waals surface area contributed by atoms with Gasteiger partial charge in [-0.1, -0.05) is 56.1 Å². The number of hydrogen-bond donors (Lipinski definition) is 2. The lowest BCUT2D eigenvalue weighted by atomic mass is 9.97. The number of benzene rings is 2. The average Bonchev–Trinajstić information content (AvgIpc) is 2.81. The van der Waals surface area contributed by atoms with Crippen molar-refractivity contribution in [3.8, 4) is 0 Å². The molecule has 0 bridgehead atoms.